The van der Waals surface area contributed by atoms with Gasteiger partial charge < -0.3 is 0 Å². The van der Waals surface area contributed by atoms with Crippen molar-refractivity contribution in [3.8, 4) is 11.1 Å². The summed E-state index contributed by atoms with van der Waals surface area (Å²) in [6.45, 7) is 0. The lowest BCUT2D eigenvalue weighted by atomic mass is 9.84. The average molecular weight is 337 g/mol. The van der Waals surface area contributed by atoms with E-state index in [4.69, 9.17) is 0 Å². The normalized spacial score (nSPS) is 26.1. The summed E-state index contributed by atoms with van der Waals surface area (Å²) >= 11 is 2.15. The second-order valence-electron chi connectivity index (χ2n) is 7.19. The molecule has 4 rings (SSSR count). The Morgan fingerprint density at radius 3 is 2.17 bits per heavy atom. The van der Waals surface area contributed by atoms with Crippen molar-refractivity contribution in [1.82, 2.24) is 0 Å². The second kappa shape index (κ2) is 7.14. The van der Waals surface area contributed by atoms with E-state index in [2.05, 4.69) is 60.3 Å². The molecule has 2 atom stereocenters. The van der Waals surface area contributed by atoms with Gasteiger partial charge in [-0.25, -0.2) is 0 Å². The predicted octanol–water partition coefficient (Wildman–Crippen LogP) is 5.53. The maximum absolute atomic E-state index is 12.7. The summed E-state index contributed by atoms with van der Waals surface area (Å²) in [5.41, 5.74) is 3.60. The number of fused-ring (bicyclic) bond motifs is 2. The van der Waals surface area contributed by atoms with Crippen LogP contribution in [0.15, 0.2) is 54.6 Å². The first-order valence-corrected chi connectivity index (χ1v) is 10.0. The van der Waals surface area contributed by atoms with Gasteiger partial charge in [0.05, 0.1) is 0 Å². The summed E-state index contributed by atoms with van der Waals surface area (Å²) in [5, 5.41) is 1.49. The van der Waals surface area contributed by atoms with Gasteiger partial charge in [-0.2, -0.15) is 11.8 Å². The van der Waals surface area contributed by atoms with Crippen LogP contribution in [0, 0.1) is 5.92 Å². The predicted molar refractivity (Wildman–Crippen MR) is 102 cm³/mol. The molecule has 24 heavy (non-hydrogen) atoms. The minimum Gasteiger partial charge on any atom is -0.299 e. The molecule has 0 aliphatic carbocycles. The van der Waals surface area contributed by atoms with Gasteiger partial charge in [0.25, 0.3) is 0 Å². The van der Waals surface area contributed by atoms with Gasteiger partial charge >= 0.3 is 0 Å². The highest BCUT2D eigenvalue weighted by atomic mass is 32.2. The average Bonchev–Trinajstić information content (AvgIpc) is 2.63. The zero-order valence-corrected chi connectivity index (χ0v) is 14.8. The molecular weight excluding hydrogens is 312 g/mol. The summed E-state index contributed by atoms with van der Waals surface area (Å²) < 4.78 is 0. The third kappa shape index (κ3) is 3.59. The van der Waals surface area contributed by atoms with Crippen molar-refractivity contribution in [1.29, 1.82) is 0 Å². The summed E-state index contributed by atoms with van der Waals surface area (Å²) in [6, 6.07) is 18.9. The molecule has 1 nitrogen and oxygen atoms in total. The number of hydrogen-bond donors (Lipinski definition) is 0. The first-order valence-electron chi connectivity index (χ1n) is 9.10. The van der Waals surface area contributed by atoms with Crippen LogP contribution in [-0.4, -0.2) is 16.3 Å². The summed E-state index contributed by atoms with van der Waals surface area (Å²) in [4.78, 5) is 12.7. The lowest BCUT2D eigenvalue weighted by Gasteiger charge is -2.38. The number of ketones is 1. The van der Waals surface area contributed by atoms with Crippen molar-refractivity contribution in [2.24, 2.45) is 5.92 Å². The van der Waals surface area contributed by atoms with Crippen LogP contribution in [0.1, 0.15) is 37.7 Å². The van der Waals surface area contributed by atoms with Gasteiger partial charge in [0, 0.05) is 22.8 Å². The van der Waals surface area contributed by atoms with Crippen LogP contribution in [0.25, 0.3) is 11.1 Å². The van der Waals surface area contributed by atoms with E-state index in [1.165, 1.54) is 30.4 Å². The molecule has 2 heterocycles. The van der Waals surface area contributed by atoms with Crippen LogP contribution in [0.5, 0.6) is 0 Å². The Hall–Kier alpha value is -1.54. The van der Waals surface area contributed by atoms with Crippen LogP contribution < -0.4 is 0 Å². The number of hydrogen-bond acceptors (Lipinski definition) is 2. The fourth-order valence-corrected chi connectivity index (χ4v) is 5.95. The van der Waals surface area contributed by atoms with E-state index >= 15 is 0 Å². The first kappa shape index (κ1) is 16.0. The molecule has 2 fully saturated rings. The summed E-state index contributed by atoms with van der Waals surface area (Å²) in [7, 11) is 0. The van der Waals surface area contributed by atoms with Crippen LogP contribution in [-0.2, 0) is 11.2 Å². The number of benzene rings is 2. The van der Waals surface area contributed by atoms with Crippen LogP contribution in [0.3, 0.4) is 0 Å². The number of carbonyl (C=O) groups excluding carboxylic acids is 1. The maximum Gasteiger partial charge on any atom is 0.140 e. The molecule has 2 saturated heterocycles. The quantitative estimate of drug-likeness (QED) is 0.730. The minimum atomic E-state index is 0.301. The SMILES string of the molecule is O=C(Cc1ccc(-c2ccccc2)cc1)C1CC2CCCC(C1)S2. The van der Waals surface area contributed by atoms with E-state index in [-0.39, 0.29) is 0 Å². The minimum absolute atomic E-state index is 0.301. The van der Waals surface area contributed by atoms with Gasteiger partial charge in [0.15, 0.2) is 0 Å². The second-order valence-corrected chi connectivity index (χ2v) is 8.79. The summed E-state index contributed by atoms with van der Waals surface area (Å²) in [6.07, 6.45) is 6.83. The first-order chi connectivity index (χ1) is 11.8. The molecule has 0 spiro atoms. The molecule has 2 bridgehead atoms. The van der Waals surface area contributed by atoms with Gasteiger partial charge in [0.2, 0.25) is 0 Å². The molecule has 0 radical (unpaired) electrons. The zero-order valence-electron chi connectivity index (χ0n) is 14.0. The fraction of sp³-hybridized carbons (Fsp3) is 0.409. The highest BCUT2D eigenvalue weighted by molar-refractivity contribution is 8.00. The standard InChI is InChI=1S/C22H24OS/c23-22(19-14-20-7-4-8-21(15-19)24-20)13-16-9-11-18(12-10-16)17-5-2-1-3-6-17/h1-3,5-6,9-12,19-21H,4,7-8,13-15H2. The summed E-state index contributed by atoms with van der Waals surface area (Å²) in [5.74, 6) is 0.759. The fourth-order valence-electron chi connectivity index (χ4n) is 4.11. The number of Topliss-reactive ketones (excluding diaryl/α,β-unsaturated/α-hetero) is 1. The molecule has 2 aliphatic rings. The van der Waals surface area contributed by atoms with Gasteiger partial charge in [-0.3, -0.25) is 4.79 Å². The van der Waals surface area contributed by atoms with Gasteiger partial charge in [0.1, 0.15) is 5.78 Å². The van der Waals surface area contributed by atoms with Crippen molar-refractivity contribution < 1.29 is 4.79 Å². The molecule has 0 amide bonds. The molecule has 2 aliphatic heterocycles. The monoisotopic (exact) mass is 336 g/mol. The number of thioether (sulfide) groups is 1. The molecule has 0 N–H and O–H groups in total. The lowest BCUT2D eigenvalue weighted by molar-refractivity contribution is -0.122. The van der Waals surface area contributed by atoms with E-state index in [9.17, 15) is 4.79 Å². The molecule has 2 unspecified atom stereocenters. The van der Waals surface area contributed by atoms with E-state index in [1.54, 1.807) is 0 Å². The Balaban J connectivity index is 1.41. The molecule has 124 valence electrons. The lowest BCUT2D eigenvalue weighted by Crippen LogP contribution is -2.33. The Morgan fingerprint density at radius 1 is 0.875 bits per heavy atom. The van der Waals surface area contributed by atoms with Crippen LogP contribution >= 0.6 is 11.8 Å². The Labute approximate surface area is 148 Å². The van der Waals surface area contributed by atoms with Crippen molar-refractivity contribution in [3.05, 3.63) is 60.2 Å². The highest BCUT2D eigenvalue weighted by Crippen LogP contribution is 2.44. The van der Waals surface area contributed by atoms with Crippen LogP contribution in [0.2, 0.25) is 0 Å². The van der Waals surface area contributed by atoms with Crippen molar-refractivity contribution in [2.75, 3.05) is 0 Å². The number of rotatable bonds is 4. The van der Waals surface area contributed by atoms with Crippen LogP contribution in [0.4, 0.5) is 0 Å². The van der Waals surface area contributed by atoms with E-state index < -0.39 is 0 Å². The Morgan fingerprint density at radius 2 is 1.50 bits per heavy atom. The number of carbonyl (C=O) groups is 1. The van der Waals surface area contributed by atoms with Gasteiger partial charge in [-0.05, 0) is 42.4 Å². The molecule has 2 heteroatoms. The van der Waals surface area contributed by atoms with Gasteiger partial charge in [-0.1, -0.05) is 61.0 Å². The smallest absolute Gasteiger partial charge is 0.140 e. The largest absolute Gasteiger partial charge is 0.299 e. The highest BCUT2D eigenvalue weighted by Gasteiger charge is 2.35. The van der Waals surface area contributed by atoms with E-state index in [0.29, 0.717) is 18.1 Å². The Bertz CT molecular complexity index is 680. The maximum atomic E-state index is 12.7. The zero-order chi connectivity index (χ0) is 16.4. The van der Waals surface area contributed by atoms with Crippen molar-refractivity contribution in [3.63, 3.8) is 0 Å². The third-order valence-corrected chi connectivity index (χ3v) is 7.05. The third-order valence-electron chi connectivity index (χ3n) is 5.43. The topological polar surface area (TPSA) is 17.1 Å². The van der Waals surface area contributed by atoms with E-state index in [0.717, 1.165) is 28.9 Å². The van der Waals surface area contributed by atoms with Crippen molar-refractivity contribution >= 4 is 17.5 Å². The van der Waals surface area contributed by atoms with E-state index in [1.807, 2.05) is 6.07 Å². The molecule has 0 aromatic heterocycles. The van der Waals surface area contributed by atoms with Gasteiger partial charge in [-0.15, -0.1) is 0 Å². The molecule has 0 saturated carbocycles. The Kier molecular flexibility index (Phi) is 4.75. The molecular formula is C22H24OS. The van der Waals surface area contributed by atoms with Crippen molar-refractivity contribution in [2.45, 2.75) is 49.0 Å². The molecule has 2 aromatic carbocycles. The molecule has 2 aromatic rings.